The maximum atomic E-state index is 9.60. The van der Waals surface area contributed by atoms with Gasteiger partial charge in [0.05, 0.1) is 19.3 Å². The first-order valence-electron chi connectivity index (χ1n) is 5.07. The maximum Gasteiger partial charge on any atom is 0.186 e. The Balaban J connectivity index is 2.49. The molecule has 0 aromatic heterocycles. The average molecular weight is 238 g/mol. The zero-order valence-electron chi connectivity index (χ0n) is 8.93. The van der Waals surface area contributed by atoms with Crippen LogP contribution in [-0.2, 0) is 9.47 Å². The standard InChI is InChI=1S/C9H18O7/c1-4-3-15-9(16-4)8(14)7(13)6(12)5(11)2-10/h4-14H,2-3H2,1H3/t4?,5-,6-,7+,8+,9?/m1/s1. The molecule has 1 saturated heterocycles. The molecule has 0 radical (unpaired) electrons. The Labute approximate surface area is 92.9 Å². The summed E-state index contributed by atoms with van der Waals surface area (Å²) >= 11 is 0. The van der Waals surface area contributed by atoms with E-state index in [2.05, 4.69) is 0 Å². The molecule has 5 N–H and O–H groups in total. The Hall–Kier alpha value is -0.280. The molecule has 1 fully saturated rings. The van der Waals surface area contributed by atoms with Gasteiger partial charge in [-0.25, -0.2) is 0 Å². The molecule has 7 heteroatoms. The van der Waals surface area contributed by atoms with Crippen molar-refractivity contribution in [2.45, 2.75) is 43.7 Å². The smallest absolute Gasteiger partial charge is 0.186 e. The van der Waals surface area contributed by atoms with Crippen LogP contribution >= 0.6 is 0 Å². The highest BCUT2D eigenvalue weighted by Crippen LogP contribution is 2.18. The predicted octanol–water partition coefficient (Wildman–Crippen LogP) is -2.82. The van der Waals surface area contributed by atoms with Gasteiger partial charge in [-0.15, -0.1) is 0 Å². The molecule has 0 spiro atoms. The summed E-state index contributed by atoms with van der Waals surface area (Å²) in [4.78, 5) is 0. The van der Waals surface area contributed by atoms with Crippen molar-refractivity contribution < 1.29 is 35.0 Å². The number of aliphatic hydroxyl groups is 5. The number of hydrogen-bond donors (Lipinski definition) is 5. The van der Waals surface area contributed by atoms with Crippen LogP contribution in [0.3, 0.4) is 0 Å². The van der Waals surface area contributed by atoms with Crippen LogP contribution in [0, 0.1) is 0 Å². The second kappa shape index (κ2) is 5.87. The summed E-state index contributed by atoms with van der Waals surface area (Å²) in [5.41, 5.74) is 0. The van der Waals surface area contributed by atoms with Crippen LogP contribution in [0.25, 0.3) is 0 Å². The molecule has 1 rings (SSSR count). The molecule has 0 bridgehead atoms. The number of aliphatic hydroxyl groups excluding tert-OH is 5. The highest BCUT2D eigenvalue weighted by Gasteiger charge is 2.38. The van der Waals surface area contributed by atoms with E-state index in [4.69, 9.17) is 19.7 Å². The average Bonchev–Trinajstić information content (AvgIpc) is 2.71. The Morgan fingerprint density at radius 2 is 1.81 bits per heavy atom. The van der Waals surface area contributed by atoms with Gasteiger partial charge in [0.1, 0.15) is 24.4 Å². The van der Waals surface area contributed by atoms with Crippen LogP contribution in [0.2, 0.25) is 0 Å². The summed E-state index contributed by atoms with van der Waals surface area (Å²) in [6, 6.07) is 0. The highest BCUT2D eigenvalue weighted by molar-refractivity contribution is 4.84. The predicted molar refractivity (Wildman–Crippen MR) is 51.4 cm³/mol. The van der Waals surface area contributed by atoms with E-state index in [1.165, 1.54) is 0 Å². The molecule has 0 aliphatic carbocycles. The van der Waals surface area contributed by atoms with Gasteiger partial charge in [0.2, 0.25) is 0 Å². The molecular formula is C9H18O7. The van der Waals surface area contributed by atoms with Crippen molar-refractivity contribution >= 4 is 0 Å². The van der Waals surface area contributed by atoms with Crippen molar-refractivity contribution in [2.75, 3.05) is 13.2 Å². The van der Waals surface area contributed by atoms with Gasteiger partial charge in [-0.1, -0.05) is 0 Å². The fourth-order valence-corrected chi connectivity index (χ4v) is 1.42. The lowest BCUT2D eigenvalue weighted by Crippen LogP contribution is -2.50. The van der Waals surface area contributed by atoms with Gasteiger partial charge < -0.3 is 35.0 Å². The van der Waals surface area contributed by atoms with E-state index in [1.54, 1.807) is 6.92 Å². The van der Waals surface area contributed by atoms with E-state index in [9.17, 15) is 15.3 Å². The van der Waals surface area contributed by atoms with Gasteiger partial charge in [0, 0.05) is 0 Å². The van der Waals surface area contributed by atoms with Crippen molar-refractivity contribution in [3.8, 4) is 0 Å². The summed E-state index contributed by atoms with van der Waals surface area (Å²) in [5.74, 6) is 0. The lowest BCUT2D eigenvalue weighted by molar-refractivity contribution is -0.192. The van der Waals surface area contributed by atoms with Gasteiger partial charge in [-0.05, 0) is 6.92 Å². The second-order valence-electron chi connectivity index (χ2n) is 3.87. The summed E-state index contributed by atoms with van der Waals surface area (Å²) in [5, 5.41) is 46.1. The third-order valence-corrected chi connectivity index (χ3v) is 2.42. The zero-order chi connectivity index (χ0) is 12.3. The maximum absolute atomic E-state index is 9.60. The van der Waals surface area contributed by atoms with Gasteiger partial charge >= 0.3 is 0 Å². The van der Waals surface area contributed by atoms with E-state index < -0.39 is 37.3 Å². The summed E-state index contributed by atoms with van der Waals surface area (Å²) in [7, 11) is 0. The molecule has 0 saturated carbocycles. The Bertz CT molecular complexity index is 206. The molecule has 2 unspecified atom stereocenters. The first-order chi connectivity index (χ1) is 7.47. The quantitative estimate of drug-likeness (QED) is 0.350. The molecule has 0 aromatic rings. The van der Waals surface area contributed by atoms with Gasteiger partial charge in [-0.3, -0.25) is 0 Å². The minimum Gasteiger partial charge on any atom is -0.394 e. The molecule has 96 valence electrons. The Kier molecular flexibility index (Phi) is 5.06. The van der Waals surface area contributed by atoms with E-state index >= 15 is 0 Å². The third kappa shape index (κ3) is 3.11. The SMILES string of the molecule is CC1COC([C@@H](O)[C@@H](O)[C@H](O)[C@H](O)CO)O1. The topological polar surface area (TPSA) is 120 Å². The molecule has 7 nitrogen and oxygen atoms in total. The first kappa shape index (κ1) is 13.8. The summed E-state index contributed by atoms with van der Waals surface area (Å²) in [6.07, 6.45) is -7.57. The summed E-state index contributed by atoms with van der Waals surface area (Å²) in [6.45, 7) is 1.30. The lowest BCUT2D eigenvalue weighted by Gasteiger charge is -2.28. The molecular weight excluding hydrogens is 220 g/mol. The lowest BCUT2D eigenvalue weighted by atomic mass is 10.0. The van der Waals surface area contributed by atoms with Gasteiger partial charge in [-0.2, -0.15) is 0 Å². The van der Waals surface area contributed by atoms with Crippen molar-refractivity contribution in [2.24, 2.45) is 0 Å². The number of ether oxygens (including phenoxy) is 2. The van der Waals surface area contributed by atoms with Crippen molar-refractivity contribution in [3.05, 3.63) is 0 Å². The van der Waals surface area contributed by atoms with Crippen LogP contribution in [0.15, 0.2) is 0 Å². The monoisotopic (exact) mass is 238 g/mol. The van der Waals surface area contributed by atoms with E-state index in [-0.39, 0.29) is 12.7 Å². The normalized spacial score (nSPS) is 33.4. The van der Waals surface area contributed by atoms with Crippen molar-refractivity contribution in [1.29, 1.82) is 0 Å². The Morgan fingerprint density at radius 3 is 2.25 bits per heavy atom. The minimum atomic E-state index is -1.66. The first-order valence-corrected chi connectivity index (χ1v) is 5.07. The molecule has 1 aliphatic rings. The number of rotatable bonds is 5. The second-order valence-corrected chi connectivity index (χ2v) is 3.87. The molecule has 1 aliphatic heterocycles. The van der Waals surface area contributed by atoms with E-state index in [0.717, 1.165) is 0 Å². The van der Waals surface area contributed by atoms with Crippen LogP contribution in [0.5, 0.6) is 0 Å². The van der Waals surface area contributed by atoms with Crippen LogP contribution in [0.1, 0.15) is 6.92 Å². The summed E-state index contributed by atoms with van der Waals surface area (Å²) < 4.78 is 10.1. The molecule has 0 amide bonds. The van der Waals surface area contributed by atoms with Gasteiger partial charge in [0.25, 0.3) is 0 Å². The van der Waals surface area contributed by atoms with Crippen LogP contribution in [-0.4, -0.2) is 75.6 Å². The van der Waals surface area contributed by atoms with E-state index in [1.807, 2.05) is 0 Å². The van der Waals surface area contributed by atoms with Crippen LogP contribution in [0.4, 0.5) is 0 Å². The van der Waals surface area contributed by atoms with Crippen LogP contribution < -0.4 is 0 Å². The minimum absolute atomic E-state index is 0.202. The largest absolute Gasteiger partial charge is 0.394 e. The molecule has 6 atom stereocenters. The molecule has 16 heavy (non-hydrogen) atoms. The van der Waals surface area contributed by atoms with Crippen molar-refractivity contribution in [3.63, 3.8) is 0 Å². The molecule has 1 heterocycles. The van der Waals surface area contributed by atoms with Crippen molar-refractivity contribution in [1.82, 2.24) is 0 Å². The Morgan fingerprint density at radius 1 is 1.19 bits per heavy atom. The van der Waals surface area contributed by atoms with E-state index in [0.29, 0.717) is 0 Å². The highest BCUT2D eigenvalue weighted by atomic mass is 16.7. The number of hydrogen-bond acceptors (Lipinski definition) is 7. The molecule has 0 aromatic carbocycles. The fraction of sp³-hybridized carbons (Fsp3) is 1.00. The van der Waals surface area contributed by atoms with Gasteiger partial charge in [0.15, 0.2) is 6.29 Å². The zero-order valence-corrected chi connectivity index (χ0v) is 8.93. The fourth-order valence-electron chi connectivity index (χ4n) is 1.42. The third-order valence-electron chi connectivity index (χ3n) is 2.42.